The molecule has 0 amide bonds. The van der Waals surface area contributed by atoms with Crippen molar-refractivity contribution in [1.29, 1.82) is 0 Å². The molecule has 0 saturated heterocycles. The fraction of sp³-hybridized carbons (Fsp3) is 0.421. The molecule has 0 saturated carbocycles. The minimum atomic E-state index is -4.64. The number of nitro groups is 2. The van der Waals surface area contributed by atoms with E-state index in [0.29, 0.717) is 72.2 Å². The summed E-state index contributed by atoms with van der Waals surface area (Å²) in [6.07, 6.45) is 7.20. The van der Waals surface area contributed by atoms with Crippen LogP contribution in [0.15, 0.2) is 57.4 Å². The molecule has 0 aromatic carbocycles. The van der Waals surface area contributed by atoms with Crippen molar-refractivity contribution >= 4 is 90.0 Å². The normalized spacial score (nSPS) is 20.6. The maximum absolute atomic E-state index is 14.5. The first-order valence-corrected chi connectivity index (χ1v) is 22.0. The van der Waals surface area contributed by atoms with Crippen LogP contribution in [0.3, 0.4) is 0 Å². The van der Waals surface area contributed by atoms with Gasteiger partial charge in [-0.3, -0.25) is 0 Å². The highest BCUT2D eigenvalue weighted by Crippen LogP contribution is 2.41. The van der Waals surface area contributed by atoms with Crippen LogP contribution in [-0.4, -0.2) is 41.5 Å². The summed E-state index contributed by atoms with van der Waals surface area (Å²) in [7, 11) is -9.28. The molecule has 4 aliphatic rings. The minimum Gasteiger partial charge on any atom is -0.624 e. The molecule has 6 rings (SSSR count). The van der Waals surface area contributed by atoms with Gasteiger partial charge in [0.1, 0.15) is 11.5 Å². The van der Waals surface area contributed by atoms with E-state index in [4.69, 9.17) is 18.6 Å². The number of hydrogen-bond acceptors (Lipinski definition) is 8. The van der Waals surface area contributed by atoms with Gasteiger partial charge in [0.2, 0.25) is 18.8 Å². The molecular formula is C38H46B2F4I2N6O8. The van der Waals surface area contributed by atoms with Crippen LogP contribution in [0.4, 0.5) is 28.9 Å². The van der Waals surface area contributed by atoms with Crippen molar-refractivity contribution in [2.75, 3.05) is 0 Å². The van der Waals surface area contributed by atoms with Crippen LogP contribution in [0.25, 0.3) is 11.5 Å². The van der Waals surface area contributed by atoms with Crippen LogP contribution in [-0.2, 0) is 44.3 Å². The van der Waals surface area contributed by atoms with E-state index in [1.54, 1.807) is 13.8 Å². The molecule has 6 heterocycles. The van der Waals surface area contributed by atoms with Crippen molar-refractivity contribution in [3.63, 3.8) is 0 Å². The van der Waals surface area contributed by atoms with E-state index in [2.05, 4.69) is 65.1 Å². The minimum absolute atomic E-state index is 0.0342. The number of aromatic amines is 2. The second kappa shape index (κ2) is 18.7. The van der Waals surface area contributed by atoms with Gasteiger partial charge in [-0.1, -0.05) is 55.4 Å². The standard InChI is InChI=1S/2C19H22BF2IN3O4/c2*1-5-10-12(7-3)18(23)24-16(10)14-9-15(30-20(21,22)29-14)17-11(6-2)13(8-4)19(25-17)26(27)28/h2*9,25H,5-8H2,1-4H3/q2*-1/p+2/b2*16-14+. The summed E-state index contributed by atoms with van der Waals surface area (Å²) >= 11 is 4.29. The Bertz CT molecular complexity index is 2220. The third-order valence-corrected chi connectivity index (χ3v) is 12.3. The summed E-state index contributed by atoms with van der Waals surface area (Å²) in [4.78, 5) is 33.5. The van der Waals surface area contributed by atoms with Crippen LogP contribution >= 0.6 is 45.2 Å². The average Bonchev–Trinajstić information content (AvgIpc) is 3.95. The lowest BCUT2D eigenvalue weighted by Crippen LogP contribution is -2.67. The summed E-state index contributed by atoms with van der Waals surface area (Å²) in [5, 5.41) is 22.9. The van der Waals surface area contributed by atoms with Gasteiger partial charge in [0.15, 0.2) is 22.9 Å². The molecule has 2 aromatic rings. The van der Waals surface area contributed by atoms with E-state index in [9.17, 15) is 37.5 Å². The van der Waals surface area contributed by atoms with Gasteiger partial charge in [0.05, 0.1) is 11.1 Å². The number of allylic oxidation sites excluding steroid dienone is 6. The molecule has 60 heavy (non-hydrogen) atoms. The van der Waals surface area contributed by atoms with E-state index in [-0.39, 0.29) is 46.1 Å². The number of H-pyrrole nitrogens is 2. The number of rotatable bonds is 12. The number of hydrogen-bond donors (Lipinski definition) is 4. The summed E-state index contributed by atoms with van der Waals surface area (Å²) in [5.74, 6) is -0.790. The fourth-order valence-corrected chi connectivity index (χ4v) is 9.92. The van der Waals surface area contributed by atoms with Crippen molar-refractivity contribution in [2.45, 2.75) is 107 Å². The largest absolute Gasteiger partial charge is 0.726 e. The number of aromatic nitrogens is 2. The number of nitrogens with zero attached hydrogens (tertiary/aromatic N) is 2. The molecule has 0 bridgehead atoms. The molecule has 0 unspecified atom stereocenters. The first-order valence-electron chi connectivity index (χ1n) is 19.8. The van der Waals surface area contributed by atoms with Crippen molar-refractivity contribution in [3.8, 4) is 0 Å². The zero-order chi connectivity index (χ0) is 44.4. The van der Waals surface area contributed by atoms with Crippen LogP contribution in [0.2, 0.25) is 0 Å². The molecular weight excluding hydrogens is 1020 g/mol. The highest BCUT2D eigenvalue weighted by atomic mass is 127. The molecule has 0 fully saturated rings. The van der Waals surface area contributed by atoms with Gasteiger partial charge >= 0.3 is 25.8 Å². The molecule has 0 radical (unpaired) electrons. The van der Waals surface area contributed by atoms with Crippen LogP contribution in [0.5, 0.6) is 0 Å². The van der Waals surface area contributed by atoms with Gasteiger partial charge in [-0.25, -0.2) is 9.97 Å². The Morgan fingerprint density at radius 3 is 1.13 bits per heavy atom. The number of halogens is 6. The Labute approximate surface area is 371 Å². The maximum Gasteiger partial charge on any atom is 0.726 e. The molecule has 22 heteroatoms. The van der Waals surface area contributed by atoms with E-state index < -0.39 is 24.1 Å². The van der Waals surface area contributed by atoms with Crippen molar-refractivity contribution in [3.05, 3.63) is 111 Å². The summed E-state index contributed by atoms with van der Waals surface area (Å²) < 4.78 is 79.2. The lowest BCUT2D eigenvalue weighted by atomic mass is 10.00. The summed E-state index contributed by atoms with van der Waals surface area (Å²) in [5.41, 5.74) is 7.43. The summed E-state index contributed by atoms with van der Waals surface area (Å²) in [6.45, 7) is 15.1. The monoisotopic (exact) mass is 1070 g/mol. The fourth-order valence-electron chi connectivity index (χ4n) is 7.96. The smallest absolute Gasteiger partial charge is 0.624 e. The molecule has 0 atom stereocenters. The molecule has 324 valence electrons. The molecule has 2 aromatic heterocycles. The Balaban J connectivity index is 0.000000228. The Kier molecular flexibility index (Phi) is 14.6. The van der Waals surface area contributed by atoms with E-state index in [1.807, 2.05) is 41.5 Å². The molecule has 14 nitrogen and oxygen atoms in total. The highest BCUT2D eigenvalue weighted by molar-refractivity contribution is 14.1. The van der Waals surface area contributed by atoms with E-state index in [0.717, 1.165) is 42.6 Å². The van der Waals surface area contributed by atoms with E-state index >= 15 is 0 Å². The van der Waals surface area contributed by atoms with Gasteiger partial charge in [0, 0.05) is 90.8 Å². The predicted molar refractivity (Wildman–Crippen MR) is 238 cm³/mol. The van der Waals surface area contributed by atoms with Crippen LogP contribution in [0.1, 0.15) is 115 Å². The van der Waals surface area contributed by atoms with Gasteiger partial charge < -0.3 is 56.1 Å². The lowest BCUT2D eigenvalue weighted by molar-refractivity contribution is -0.390. The molecule has 4 N–H and O–H groups in total. The third kappa shape index (κ3) is 9.13. The summed E-state index contributed by atoms with van der Waals surface area (Å²) in [6, 6.07) is 0. The van der Waals surface area contributed by atoms with Crippen molar-refractivity contribution in [2.24, 2.45) is 0 Å². The Morgan fingerprint density at radius 1 is 0.550 bits per heavy atom. The molecule has 4 aliphatic heterocycles. The highest BCUT2D eigenvalue weighted by Gasteiger charge is 2.45. The zero-order valence-electron chi connectivity index (χ0n) is 34.4. The van der Waals surface area contributed by atoms with Gasteiger partial charge in [-0.15, -0.1) is 0 Å². The topological polar surface area (TPSA) is 183 Å². The quantitative estimate of drug-likeness (QED) is 0.0540. The Hall–Kier alpha value is -4.35. The third-order valence-electron chi connectivity index (χ3n) is 10.5. The first-order chi connectivity index (χ1) is 28.3. The van der Waals surface area contributed by atoms with Gasteiger partial charge in [-0.05, 0) is 61.2 Å². The molecule has 0 spiro atoms. The van der Waals surface area contributed by atoms with Crippen LogP contribution < -0.4 is 9.98 Å². The maximum atomic E-state index is 14.5. The van der Waals surface area contributed by atoms with Gasteiger partial charge in [0.25, 0.3) is 0 Å². The average molecular weight is 1070 g/mol. The second-order valence-electron chi connectivity index (χ2n) is 13.8. The zero-order valence-corrected chi connectivity index (χ0v) is 38.7. The van der Waals surface area contributed by atoms with Gasteiger partial charge in [-0.2, -0.15) is 9.98 Å². The van der Waals surface area contributed by atoms with Crippen molar-refractivity contribution < 1.29 is 55.7 Å². The lowest BCUT2D eigenvalue weighted by Gasteiger charge is -2.33. The first kappa shape index (κ1) is 46.7. The van der Waals surface area contributed by atoms with E-state index in [1.165, 1.54) is 12.2 Å². The van der Waals surface area contributed by atoms with Crippen molar-refractivity contribution in [1.82, 2.24) is 9.97 Å². The predicted octanol–water partition coefficient (Wildman–Crippen LogP) is 8.13. The van der Waals surface area contributed by atoms with Crippen LogP contribution in [0, 0.1) is 20.2 Å². The Morgan fingerprint density at radius 2 is 0.867 bits per heavy atom. The number of nitrogens with one attached hydrogen (secondary N) is 4. The SMILES string of the molecule is CCC1=C(CC)/C(=C2/C=C(c3[nH]c([N+](=O)[O-])c(CC)c3CC)O[B-](F)(F)O2)[NH+]=C1I.CCC1=C(CC)/C(=C2/C=C(c3[nH]c([N+](=O)[O-])c(CC)c3CC)O[B-](F)(F)O2)[NH+]=C1I. The molecule has 0 aliphatic carbocycles. The second-order valence-corrected chi connectivity index (χ2v) is 15.9.